The molecule has 0 fully saturated rings. The normalized spacial score (nSPS) is 9.92. The smallest absolute Gasteiger partial charge is 0.423 e. The highest BCUT2D eigenvalue weighted by Crippen LogP contribution is 1.99. The Morgan fingerprint density at radius 1 is 1.31 bits per heavy atom. The predicted octanol–water partition coefficient (Wildman–Crippen LogP) is -0.0968. The van der Waals surface area contributed by atoms with E-state index in [4.69, 9.17) is 15.3 Å². The van der Waals surface area contributed by atoms with E-state index in [9.17, 15) is 0 Å². The van der Waals surface area contributed by atoms with Crippen LogP contribution >= 0.6 is 0 Å². The number of nitriles is 1. The summed E-state index contributed by atoms with van der Waals surface area (Å²) in [7, 11) is -1.50. The molecule has 1 aromatic carbocycles. The van der Waals surface area contributed by atoms with E-state index in [0.717, 1.165) is 0 Å². The maximum atomic E-state index is 8.94. The topological polar surface area (TPSA) is 64.2 Å². The van der Waals surface area contributed by atoms with Crippen LogP contribution in [0.5, 0.6) is 0 Å². The second-order valence-electron chi connectivity index (χ2n) is 2.47. The largest absolute Gasteiger partial charge is 0.489 e. The zero-order chi connectivity index (χ0) is 9.68. The Bertz CT molecular complexity index is 355. The van der Waals surface area contributed by atoms with Crippen LogP contribution in [-0.4, -0.2) is 17.2 Å². The molecule has 4 heteroatoms. The van der Waals surface area contributed by atoms with Gasteiger partial charge in [-0.15, -0.1) is 0 Å². The average Bonchev–Trinajstić information content (AvgIpc) is 2.15. The lowest BCUT2D eigenvalue weighted by molar-refractivity contribution is 0.425. The van der Waals surface area contributed by atoms with Crippen LogP contribution in [0.1, 0.15) is 5.56 Å². The van der Waals surface area contributed by atoms with Gasteiger partial charge in [0.05, 0.1) is 6.07 Å². The second-order valence-corrected chi connectivity index (χ2v) is 2.47. The van der Waals surface area contributed by atoms with Crippen molar-refractivity contribution in [1.29, 1.82) is 5.26 Å². The highest BCUT2D eigenvalue weighted by molar-refractivity contribution is 6.59. The van der Waals surface area contributed by atoms with E-state index in [-0.39, 0.29) is 0 Å². The van der Waals surface area contributed by atoms with Gasteiger partial charge in [0.15, 0.2) is 0 Å². The molecule has 0 saturated carbocycles. The van der Waals surface area contributed by atoms with Gasteiger partial charge in [0, 0.05) is 6.08 Å². The van der Waals surface area contributed by atoms with Crippen LogP contribution in [0.4, 0.5) is 0 Å². The van der Waals surface area contributed by atoms with Crippen LogP contribution in [0, 0.1) is 11.3 Å². The second kappa shape index (κ2) is 4.46. The molecular weight excluding hydrogens is 165 g/mol. The van der Waals surface area contributed by atoms with Gasteiger partial charge in [-0.05, 0) is 17.1 Å². The van der Waals surface area contributed by atoms with Crippen molar-refractivity contribution in [3.63, 3.8) is 0 Å². The Morgan fingerprint density at radius 3 is 2.62 bits per heavy atom. The molecule has 64 valence electrons. The maximum Gasteiger partial charge on any atom is 0.489 e. The molecule has 0 heterocycles. The molecule has 1 rings (SSSR count). The van der Waals surface area contributed by atoms with Crippen molar-refractivity contribution in [2.45, 2.75) is 0 Å². The summed E-state index contributed by atoms with van der Waals surface area (Å²) in [5, 5.41) is 26.2. The number of hydrogen-bond donors (Lipinski definition) is 2. The van der Waals surface area contributed by atoms with Gasteiger partial charge < -0.3 is 10.0 Å². The Balaban J connectivity index is 3.06. The van der Waals surface area contributed by atoms with E-state index < -0.39 is 7.12 Å². The molecule has 0 aliphatic heterocycles. The summed E-state index contributed by atoms with van der Waals surface area (Å²) in [5.74, 6) is 0. The van der Waals surface area contributed by atoms with Gasteiger partial charge in [-0.3, -0.25) is 0 Å². The molecule has 2 N–H and O–H groups in total. The zero-order valence-electron chi connectivity index (χ0n) is 6.88. The molecule has 13 heavy (non-hydrogen) atoms. The van der Waals surface area contributed by atoms with Crippen molar-refractivity contribution in [2.75, 3.05) is 0 Å². The number of hydrogen-bond acceptors (Lipinski definition) is 3. The molecule has 0 saturated heterocycles. The Morgan fingerprint density at radius 2 is 2.00 bits per heavy atom. The lowest BCUT2D eigenvalue weighted by Crippen LogP contribution is -2.31. The highest BCUT2D eigenvalue weighted by Gasteiger charge is 2.12. The Labute approximate surface area is 76.7 Å². The molecule has 3 nitrogen and oxygen atoms in total. The summed E-state index contributed by atoms with van der Waals surface area (Å²) in [6.07, 6.45) is 2.83. The van der Waals surface area contributed by atoms with E-state index in [1.54, 1.807) is 24.3 Å². The zero-order valence-corrected chi connectivity index (χ0v) is 6.88. The van der Waals surface area contributed by atoms with E-state index in [2.05, 4.69) is 0 Å². The minimum absolute atomic E-state index is 0.397. The van der Waals surface area contributed by atoms with Gasteiger partial charge in [-0.1, -0.05) is 24.3 Å². The summed E-state index contributed by atoms with van der Waals surface area (Å²) in [5.41, 5.74) is 1.04. The lowest BCUT2D eigenvalue weighted by Gasteiger charge is -2.02. The quantitative estimate of drug-likeness (QED) is 0.484. The summed E-state index contributed by atoms with van der Waals surface area (Å²) in [6, 6.07) is 8.62. The van der Waals surface area contributed by atoms with Crippen LogP contribution < -0.4 is 5.46 Å². The molecule has 0 amide bonds. The van der Waals surface area contributed by atoms with Crippen molar-refractivity contribution in [3.05, 3.63) is 35.9 Å². The Kier molecular flexibility index (Phi) is 3.27. The van der Waals surface area contributed by atoms with Crippen LogP contribution in [0.15, 0.2) is 30.3 Å². The fourth-order valence-corrected chi connectivity index (χ4v) is 1.02. The van der Waals surface area contributed by atoms with Gasteiger partial charge in [-0.2, -0.15) is 5.26 Å². The standard InChI is InChI=1S/C9H8BNO2/c11-7-3-5-8-4-1-2-6-9(8)10(12)13/h1-6,12-13H/b5-3+. The van der Waals surface area contributed by atoms with Gasteiger partial charge in [0.25, 0.3) is 0 Å². The highest BCUT2D eigenvalue weighted by atomic mass is 16.4. The van der Waals surface area contributed by atoms with Crippen LogP contribution in [0.2, 0.25) is 0 Å². The van der Waals surface area contributed by atoms with Crippen LogP contribution in [0.3, 0.4) is 0 Å². The monoisotopic (exact) mass is 173 g/mol. The molecular formula is C9H8BNO2. The molecule has 0 spiro atoms. The minimum Gasteiger partial charge on any atom is -0.423 e. The van der Waals surface area contributed by atoms with Gasteiger partial charge >= 0.3 is 7.12 Å². The van der Waals surface area contributed by atoms with Gasteiger partial charge in [0.1, 0.15) is 0 Å². The third-order valence-corrected chi connectivity index (χ3v) is 1.61. The Hall–Kier alpha value is -1.57. The van der Waals surface area contributed by atoms with E-state index >= 15 is 0 Å². The molecule has 0 atom stereocenters. The first-order valence-electron chi connectivity index (χ1n) is 3.77. The first-order chi connectivity index (χ1) is 6.25. The van der Waals surface area contributed by atoms with E-state index in [1.807, 2.05) is 6.07 Å². The summed E-state index contributed by atoms with van der Waals surface area (Å²) >= 11 is 0. The number of rotatable bonds is 2. The fraction of sp³-hybridized carbons (Fsp3) is 0. The van der Waals surface area contributed by atoms with E-state index in [1.165, 1.54) is 12.2 Å². The van der Waals surface area contributed by atoms with E-state index in [0.29, 0.717) is 11.0 Å². The maximum absolute atomic E-state index is 8.94. The first kappa shape index (κ1) is 9.52. The average molecular weight is 173 g/mol. The minimum atomic E-state index is -1.50. The van der Waals surface area contributed by atoms with Gasteiger partial charge in [-0.25, -0.2) is 0 Å². The van der Waals surface area contributed by atoms with Crippen molar-refractivity contribution in [1.82, 2.24) is 0 Å². The molecule has 1 aromatic rings. The fourth-order valence-electron chi connectivity index (χ4n) is 1.02. The van der Waals surface area contributed by atoms with Crippen LogP contribution in [-0.2, 0) is 0 Å². The molecule has 0 bridgehead atoms. The van der Waals surface area contributed by atoms with Gasteiger partial charge in [0.2, 0.25) is 0 Å². The predicted molar refractivity (Wildman–Crippen MR) is 50.9 cm³/mol. The van der Waals surface area contributed by atoms with Crippen molar-refractivity contribution >= 4 is 18.7 Å². The molecule has 0 aliphatic rings. The third kappa shape index (κ3) is 2.44. The summed E-state index contributed by atoms with van der Waals surface area (Å²) in [6.45, 7) is 0. The molecule has 0 radical (unpaired) electrons. The first-order valence-corrected chi connectivity index (χ1v) is 3.77. The number of allylic oxidation sites excluding steroid dienone is 1. The molecule has 0 aliphatic carbocycles. The summed E-state index contributed by atoms with van der Waals surface area (Å²) in [4.78, 5) is 0. The van der Waals surface area contributed by atoms with Crippen molar-refractivity contribution in [2.24, 2.45) is 0 Å². The third-order valence-electron chi connectivity index (χ3n) is 1.61. The van der Waals surface area contributed by atoms with Crippen molar-refractivity contribution in [3.8, 4) is 6.07 Å². The van der Waals surface area contributed by atoms with Crippen LogP contribution in [0.25, 0.3) is 6.08 Å². The molecule has 0 unspecified atom stereocenters. The lowest BCUT2D eigenvalue weighted by atomic mass is 9.77. The number of nitrogens with zero attached hydrogens (tertiary/aromatic N) is 1. The van der Waals surface area contributed by atoms with Crippen molar-refractivity contribution < 1.29 is 10.0 Å². The SMILES string of the molecule is N#C/C=C/c1ccccc1B(O)O. The molecule has 0 aromatic heterocycles. The number of benzene rings is 1. The summed E-state index contributed by atoms with van der Waals surface area (Å²) < 4.78 is 0.